The lowest BCUT2D eigenvalue weighted by Gasteiger charge is -2.34. The fraction of sp³-hybridized carbons (Fsp3) is 0.370. The monoisotopic (exact) mass is 498 g/mol. The lowest BCUT2D eigenvalue weighted by atomic mass is 9.83. The molecule has 2 amide bonds. The van der Waals surface area contributed by atoms with Crippen LogP contribution in [-0.2, 0) is 25.6 Å². The van der Waals surface area contributed by atoms with Crippen LogP contribution < -0.4 is 5.32 Å². The van der Waals surface area contributed by atoms with Crippen LogP contribution in [0.4, 0.5) is 0 Å². The van der Waals surface area contributed by atoms with Gasteiger partial charge in [-0.2, -0.15) is 0 Å². The van der Waals surface area contributed by atoms with Crippen LogP contribution in [0.2, 0.25) is 5.02 Å². The minimum atomic E-state index is -0.448. The van der Waals surface area contributed by atoms with Crippen LogP contribution in [0, 0.1) is 0 Å². The Morgan fingerprint density at radius 1 is 1.17 bits per heavy atom. The average molecular weight is 499 g/mol. The molecule has 1 N–H and O–H groups in total. The number of hydrogen-bond donors (Lipinski definition) is 1. The molecule has 0 bridgehead atoms. The number of amides is 2. The van der Waals surface area contributed by atoms with Gasteiger partial charge >= 0.3 is 5.97 Å². The van der Waals surface area contributed by atoms with Crippen molar-refractivity contribution in [2.45, 2.75) is 39.2 Å². The number of carbonyl (C=O) groups excluding carboxylic acids is 3. The number of benzene rings is 2. The van der Waals surface area contributed by atoms with E-state index in [9.17, 15) is 14.4 Å². The number of allylic oxidation sites excluding steroid dienone is 1. The van der Waals surface area contributed by atoms with Crippen molar-refractivity contribution in [1.29, 1.82) is 0 Å². The van der Waals surface area contributed by atoms with Crippen LogP contribution in [0.25, 0.3) is 0 Å². The molecule has 8 heteroatoms. The third-order valence-electron chi connectivity index (χ3n) is 5.91. The van der Waals surface area contributed by atoms with Gasteiger partial charge in [0.05, 0.1) is 18.7 Å². The Morgan fingerprint density at radius 2 is 1.94 bits per heavy atom. The second-order valence-electron chi connectivity index (χ2n) is 8.31. The zero-order valence-corrected chi connectivity index (χ0v) is 21.1. The van der Waals surface area contributed by atoms with Gasteiger partial charge in [-0.3, -0.25) is 9.59 Å². The van der Waals surface area contributed by atoms with E-state index >= 15 is 0 Å². The summed E-state index contributed by atoms with van der Waals surface area (Å²) in [6.07, 6.45) is 0.837. The number of nitrogens with zero attached hydrogens (tertiary/aromatic N) is 1. The molecule has 2 aromatic rings. The van der Waals surface area contributed by atoms with Gasteiger partial charge in [0.25, 0.3) is 5.91 Å². The molecule has 3 rings (SSSR count). The molecule has 0 aliphatic carbocycles. The highest BCUT2D eigenvalue weighted by Gasteiger charge is 2.37. The first kappa shape index (κ1) is 26.4. The second-order valence-corrected chi connectivity index (χ2v) is 8.75. The van der Waals surface area contributed by atoms with Crippen molar-refractivity contribution in [1.82, 2.24) is 10.2 Å². The summed E-state index contributed by atoms with van der Waals surface area (Å²) in [4.78, 5) is 40.3. The molecule has 1 aliphatic heterocycles. The Kier molecular flexibility index (Phi) is 9.46. The third-order valence-corrected chi connectivity index (χ3v) is 6.15. The molecule has 186 valence electrons. The number of rotatable bonds is 10. The molecular formula is C27H31ClN2O5. The Balaban J connectivity index is 1.87. The maximum atomic E-state index is 13.2. The van der Waals surface area contributed by atoms with Gasteiger partial charge in [0.2, 0.25) is 5.91 Å². The Bertz CT molecular complexity index is 1110. The van der Waals surface area contributed by atoms with Gasteiger partial charge in [-0.1, -0.05) is 35.9 Å². The summed E-state index contributed by atoms with van der Waals surface area (Å²) in [5, 5.41) is 3.40. The molecular weight excluding hydrogens is 468 g/mol. The van der Waals surface area contributed by atoms with Crippen molar-refractivity contribution in [2.24, 2.45) is 0 Å². The SMILES string of the molecule is CCOC(=O)C1=C(C)N(Cc2cccc(C(=O)NCCCOC)c2)C(=O)CC1c1cccc(Cl)c1. The van der Waals surface area contributed by atoms with Crippen LogP contribution in [0.15, 0.2) is 59.8 Å². The van der Waals surface area contributed by atoms with Gasteiger partial charge in [0.1, 0.15) is 0 Å². The highest BCUT2D eigenvalue weighted by atomic mass is 35.5. The number of methoxy groups -OCH3 is 1. The fourth-order valence-electron chi connectivity index (χ4n) is 4.20. The molecule has 0 saturated heterocycles. The highest BCUT2D eigenvalue weighted by Crippen LogP contribution is 2.38. The molecule has 2 aromatic carbocycles. The summed E-state index contributed by atoms with van der Waals surface area (Å²) in [6, 6.07) is 14.3. The van der Waals surface area contributed by atoms with Gasteiger partial charge in [0, 0.05) is 48.9 Å². The molecule has 1 aliphatic rings. The van der Waals surface area contributed by atoms with Crippen LogP contribution in [-0.4, -0.2) is 49.6 Å². The summed E-state index contributed by atoms with van der Waals surface area (Å²) in [5.41, 5.74) is 3.07. The van der Waals surface area contributed by atoms with Crippen molar-refractivity contribution < 1.29 is 23.9 Å². The lowest BCUT2D eigenvalue weighted by Crippen LogP contribution is -2.38. The van der Waals surface area contributed by atoms with Gasteiger partial charge in [-0.25, -0.2) is 4.79 Å². The van der Waals surface area contributed by atoms with Crippen molar-refractivity contribution in [2.75, 3.05) is 26.9 Å². The summed E-state index contributed by atoms with van der Waals surface area (Å²) in [7, 11) is 1.62. The zero-order valence-electron chi connectivity index (χ0n) is 20.3. The molecule has 0 spiro atoms. The molecule has 0 aromatic heterocycles. The smallest absolute Gasteiger partial charge is 0.336 e. The lowest BCUT2D eigenvalue weighted by molar-refractivity contribution is -0.140. The van der Waals surface area contributed by atoms with Crippen molar-refractivity contribution in [3.63, 3.8) is 0 Å². The largest absolute Gasteiger partial charge is 0.463 e. The van der Waals surface area contributed by atoms with E-state index in [-0.39, 0.29) is 31.4 Å². The number of ether oxygens (including phenoxy) is 2. The number of esters is 1. The van der Waals surface area contributed by atoms with E-state index in [4.69, 9.17) is 21.1 Å². The van der Waals surface area contributed by atoms with E-state index in [1.54, 1.807) is 62.3 Å². The van der Waals surface area contributed by atoms with Gasteiger partial charge in [-0.15, -0.1) is 0 Å². The maximum absolute atomic E-state index is 13.2. The van der Waals surface area contributed by atoms with Gasteiger partial charge in [0.15, 0.2) is 0 Å². The number of halogens is 1. The first-order valence-corrected chi connectivity index (χ1v) is 12.0. The molecule has 1 heterocycles. The average Bonchev–Trinajstić information content (AvgIpc) is 2.84. The third kappa shape index (κ3) is 6.71. The standard InChI is InChI=1S/C27H31ClN2O5/c1-4-35-27(33)25-18(2)30(24(31)16-23(25)20-9-6-11-22(28)15-20)17-19-8-5-10-21(14-19)26(32)29-12-7-13-34-3/h5-6,8-11,14-15,23H,4,7,12-13,16-17H2,1-3H3,(H,29,32). The summed E-state index contributed by atoms with van der Waals surface area (Å²) < 4.78 is 10.3. The summed E-state index contributed by atoms with van der Waals surface area (Å²) in [6.45, 7) is 5.06. The van der Waals surface area contributed by atoms with E-state index in [1.165, 1.54) is 0 Å². The molecule has 0 saturated carbocycles. The maximum Gasteiger partial charge on any atom is 0.336 e. The van der Waals surface area contributed by atoms with E-state index in [0.29, 0.717) is 35.0 Å². The van der Waals surface area contributed by atoms with E-state index in [1.807, 2.05) is 12.1 Å². The van der Waals surface area contributed by atoms with E-state index in [0.717, 1.165) is 17.5 Å². The first-order valence-electron chi connectivity index (χ1n) is 11.7. The Hall–Kier alpha value is -3.16. The van der Waals surface area contributed by atoms with Crippen molar-refractivity contribution >= 4 is 29.4 Å². The van der Waals surface area contributed by atoms with Crippen LogP contribution in [0.5, 0.6) is 0 Å². The molecule has 35 heavy (non-hydrogen) atoms. The summed E-state index contributed by atoms with van der Waals surface area (Å²) in [5.74, 6) is -1.19. The number of nitrogens with one attached hydrogen (secondary N) is 1. The molecule has 1 unspecified atom stereocenters. The Morgan fingerprint density at radius 3 is 2.66 bits per heavy atom. The normalized spacial score (nSPS) is 15.8. The minimum Gasteiger partial charge on any atom is -0.463 e. The number of carbonyl (C=O) groups is 3. The van der Waals surface area contributed by atoms with Crippen LogP contribution in [0.1, 0.15) is 54.1 Å². The quantitative estimate of drug-likeness (QED) is 0.386. The predicted molar refractivity (Wildman–Crippen MR) is 134 cm³/mol. The van der Waals surface area contributed by atoms with E-state index in [2.05, 4.69) is 5.32 Å². The molecule has 0 radical (unpaired) electrons. The van der Waals surface area contributed by atoms with E-state index < -0.39 is 11.9 Å². The van der Waals surface area contributed by atoms with Gasteiger partial charge < -0.3 is 19.7 Å². The number of hydrogen-bond acceptors (Lipinski definition) is 5. The molecule has 0 fully saturated rings. The fourth-order valence-corrected chi connectivity index (χ4v) is 4.40. The topological polar surface area (TPSA) is 84.9 Å². The van der Waals surface area contributed by atoms with Crippen LogP contribution in [0.3, 0.4) is 0 Å². The summed E-state index contributed by atoms with van der Waals surface area (Å²) >= 11 is 6.18. The van der Waals surface area contributed by atoms with Crippen molar-refractivity contribution in [3.05, 3.63) is 81.5 Å². The molecule has 7 nitrogen and oxygen atoms in total. The zero-order chi connectivity index (χ0) is 25.4. The molecule has 1 atom stereocenters. The van der Waals surface area contributed by atoms with Crippen LogP contribution >= 0.6 is 11.6 Å². The highest BCUT2D eigenvalue weighted by molar-refractivity contribution is 6.30. The second kappa shape index (κ2) is 12.5. The Labute approximate surface area is 211 Å². The van der Waals surface area contributed by atoms with Crippen molar-refractivity contribution in [3.8, 4) is 0 Å². The first-order chi connectivity index (χ1) is 16.8. The predicted octanol–water partition coefficient (Wildman–Crippen LogP) is 4.46. The van der Waals surface area contributed by atoms with Gasteiger partial charge in [-0.05, 0) is 55.7 Å². The minimum absolute atomic E-state index is 0.116.